The van der Waals surface area contributed by atoms with Gasteiger partial charge in [0, 0.05) is 42.7 Å². The highest BCUT2D eigenvalue weighted by molar-refractivity contribution is 5.99. The second-order valence-electron chi connectivity index (χ2n) is 12.4. The topological polar surface area (TPSA) is 89.7 Å². The van der Waals surface area contributed by atoms with E-state index in [2.05, 4.69) is 44.8 Å². The number of anilines is 1. The van der Waals surface area contributed by atoms with E-state index in [1.807, 2.05) is 94.5 Å². The molecule has 3 amide bonds. The van der Waals surface area contributed by atoms with Gasteiger partial charge in [0.25, 0.3) is 0 Å². The number of carbonyl (C=O) groups excluding carboxylic acids is 2. The lowest BCUT2D eigenvalue weighted by Crippen LogP contribution is -2.53. The molecule has 1 saturated heterocycles. The number of rotatable bonds is 10. The Morgan fingerprint density at radius 3 is 2.39 bits per heavy atom. The highest BCUT2D eigenvalue weighted by Gasteiger charge is 2.33. The first-order chi connectivity index (χ1) is 21.2. The quantitative estimate of drug-likeness (QED) is 0.190. The van der Waals surface area contributed by atoms with Crippen LogP contribution in [-0.4, -0.2) is 66.1 Å². The Balaban J connectivity index is 1.39. The summed E-state index contributed by atoms with van der Waals surface area (Å²) in [4.78, 5) is 35.2. The van der Waals surface area contributed by atoms with Gasteiger partial charge in [-0.2, -0.15) is 0 Å². The number of hydrogen-bond acceptors (Lipinski definition) is 4. The second-order valence-corrected chi connectivity index (χ2v) is 12.4. The minimum Gasteiger partial charge on any atom is -0.489 e. The number of piperidine rings is 1. The van der Waals surface area contributed by atoms with E-state index in [9.17, 15) is 9.59 Å². The third kappa shape index (κ3) is 7.42. The standard InChI is InChI=1S/C36H45N5O3/c1-24(2)44-33-16-15-26(23-40(4)5)21-32(33)38-35(42)34(25(3)30-22-37-31-14-10-9-13-29(30)31)39-36(43)41-19-17-28(18-20-41)27-11-7-6-8-12-27/h6-16,21-22,24-25,28,34,37H,17-20,23H2,1-5H3,(H,38,42)(H,39,43). The van der Waals surface area contributed by atoms with Crippen LogP contribution in [0.1, 0.15) is 62.1 Å². The number of hydrogen-bond donors (Lipinski definition) is 3. The minimum atomic E-state index is -0.821. The van der Waals surface area contributed by atoms with Crippen LogP contribution in [-0.2, 0) is 11.3 Å². The molecule has 8 heteroatoms. The molecule has 1 fully saturated rings. The summed E-state index contributed by atoms with van der Waals surface area (Å²) in [5, 5.41) is 7.30. The molecule has 3 N–H and O–H groups in total. The number of benzene rings is 3. The van der Waals surface area contributed by atoms with Crippen LogP contribution in [0, 0.1) is 0 Å². The normalized spacial score (nSPS) is 15.4. The molecule has 2 atom stereocenters. The lowest BCUT2D eigenvalue weighted by molar-refractivity contribution is -0.118. The molecule has 8 nitrogen and oxygen atoms in total. The van der Waals surface area contributed by atoms with E-state index >= 15 is 0 Å². The number of nitrogens with one attached hydrogen (secondary N) is 3. The number of nitrogens with zero attached hydrogens (tertiary/aromatic N) is 2. The lowest BCUT2D eigenvalue weighted by atomic mass is 9.89. The molecule has 1 aliphatic heterocycles. The smallest absolute Gasteiger partial charge is 0.318 e. The average Bonchev–Trinajstić information content (AvgIpc) is 3.45. The summed E-state index contributed by atoms with van der Waals surface area (Å²) >= 11 is 0. The highest BCUT2D eigenvalue weighted by atomic mass is 16.5. The summed E-state index contributed by atoms with van der Waals surface area (Å²) in [6.45, 7) is 7.91. The first kappa shape index (κ1) is 31.1. The Labute approximate surface area is 260 Å². The maximum atomic E-state index is 14.2. The second kappa shape index (κ2) is 14.0. The summed E-state index contributed by atoms with van der Waals surface area (Å²) < 4.78 is 6.07. The predicted molar refractivity (Wildman–Crippen MR) is 177 cm³/mol. The van der Waals surface area contributed by atoms with Gasteiger partial charge in [-0.3, -0.25) is 4.79 Å². The molecular weight excluding hydrogens is 550 g/mol. The van der Waals surface area contributed by atoms with Crippen molar-refractivity contribution in [1.29, 1.82) is 0 Å². The number of urea groups is 1. The lowest BCUT2D eigenvalue weighted by Gasteiger charge is -2.34. The van der Waals surface area contributed by atoms with Crippen molar-refractivity contribution >= 4 is 28.5 Å². The molecular formula is C36H45N5O3. The zero-order valence-electron chi connectivity index (χ0n) is 26.5. The van der Waals surface area contributed by atoms with Crippen LogP contribution in [0.3, 0.4) is 0 Å². The molecule has 0 aliphatic carbocycles. The minimum absolute atomic E-state index is 0.0650. The van der Waals surface area contributed by atoms with Crippen molar-refractivity contribution < 1.29 is 14.3 Å². The van der Waals surface area contributed by atoms with E-state index < -0.39 is 6.04 Å². The van der Waals surface area contributed by atoms with Crippen LogP contribution in [0.15, 0.2) is 79.0 Å². The zero-order chi connectivity index (χ0) is 31.2. The molecule has 5 rings (SSSR count). The van der Waals surface area contributed by atoms with Crippen LogP contribution in [0.25, 0.3) is 10.9 Å². The van der Waals surface area contributed by atoms with Crippen molar-refractivity contribution in [2.75, 3.05) is 32.5 Å². The fourth-order valence-electron chi connectivity index (χ4n) is 6.14. The van der Waals surface area contributed by atoms with Crippen molar-refractivity contribution in [3.8, 4) is 5.75 Å². The Hall–Kier alpha value is -4.30. The van der Waals surface area contributed by atoms with Gasteiger partial charge < -0.3 is 30.2 Å². The van der Waals surface area contributed by atoms with E-state index in [4.69, 9.17) is 4.74 Å². The fourth-order valence-corrected chi connectivity index (χ4v) is 6.14. The van der Waals surface area contributed by atoms with Crippen LogP contribution < -0.4 is 15.4 Å². The molecule has 232 valence electrons. The maximum Gasteiger partial charge on any atom is 0.318 e. The van der Waals surface area contributed by atoms with Gasteiger partial charge in [-0.05, 0) is 81.6 Å². The third-order valence-corrected chi connectivity index (χ3v) is 8.39. The van der Waals surface area contributed by atoms with Crippen molar-refractivity contribution in [3.63, 3.8) is 0 Å². The molecule has 0 bridgehead atoms. The van der Waals surface area contributed by atoms with Crippen LogP contribution >= 0.6 is 0 Å². The Morgan fingerprint density at radius 2 is 1.68 bits per heavy atom. The van der Waals surface area contributed by atoms with Gasteiger partial charge in [0.1, 0.15) is 11.8 Å². The molecule has 0 radical (unpaired) electrons. The molecule has 2 heterocycles. The number of para-hydroxylation sites is 1. The maximum absolute atomic E-state index is 14.2. The van der Waals surface area contributed by atoms with Gasteiger partial charge >= 0.3 is 6.03 Å². The van der Waals surface area contributed by atoms with Gasteiger partial charge in [0.2, 0.25) is 5.91 Å². The molecule has 1 aliphatic rings. The molecule has 1 aromatic heterocycles. The summed E-state index contributed by atoms with van der Waals surface area (Å²) in [6, 6.07) is 23.4. The Kier molecular flexibility index (Phi) is 9.90. The van der Waals surface area contributed by atoms with Crippen LogP contribution in [0.2, 0.25) is 0 Å². The van der Waals surface area contributed by atoms with E-state index in [0.717, 1.165) is 41.4 Å². The Morgan fingerprint density at radius 1 is 0.977 bits per heavy atom. The number of amides is 3. The first-order valence-electron chi connectivity index (χ1n) is 15.6. The van der Waals surface area contributed by atoms with Crippen molar-refractivity contribution in [3.05, 3.63) is 95.7 Å². The molecule has 44 heavy (non-hydrogen) atoms. The zero-order valence-corrected chi connectivity index (χ0v) is 26.5. The van der Waals surface area contributed by atoms with Crippen LogP contribution in [0.5, 0.6) is 5.75 Å². The summed E-state index contributed by atoms with van der Waals surface area (Å²) in [5.41, 5.74) is 4.93. The number of aromatic nitrogens is 1. The summed E-state index contributed by atoms with van der Waals surface area (Å²) in [6.07, 6.45) is 3.66. The molecule has 4 aromatic rings. The third-order valence-electron chi connectivity index (χ3n) is 8.39. The van der Waals surface area contributed by atoms with E-state index in [1.165, 1.54) is 5.56 Å². The first-order valence-corrected chi connectivity index (χ1v) is 15.6. The van der Waals surface area contributed by atoms with Gasteiger partial charge in [-0.15, -0.1) is 0 Å². The average molecular weight is 596 g/mol. The van der Waals surface area contributed by atoms with Gasteiger partial charge in [-0.25, -0.2) is 4.79 Å². The predicted octanol–water partition coefficient (Wildman–Crippen LogP) is 6.72. The van der Waals surface area contributed by atoms with Gasteiger partial charge in [0.15, 0.2) is 0 Å². The van der Waals surface area contributed by atoms with Gasteiger partial charge in [0.05, 0.1) is 11.8 Å². The monoisotopic (exact) mass is 595 g/mol. The highest BCUT2D eigenvalue weighted by Crippen LogP contribution is 2.32. The van der Waals surface area contributed by atoms with Crippen molar-refractivity contribution in [1.82, 2.24) is 20.1 Å². The number of aromatic amines is 1. The molecule has 0 saturated carbocycles. The molecule has 3 aromatic carbocycles. The van der Waals surface area contributed by atoms with E-state index in [1.54, 1.807) is 0 Å². The molecule has 2 unspecified atom stereocenters. The van der Waals surface area contributed by atoms with Crippen LogP contribution in [0.4, 0.5) is 10.5 Å². The summed E-state index contributed by atoms with van der Waals surface area (Å²) in [7, 11) is 4.02. The number of carbonyl (C=O) groups is 2. The fraction of sp³-hybridized carbons (Fsp3) is 0.389. The van der Waals surface area contributed by atoms with Crippen molar-refractivity contribution in [2.24, 2.45) is 0 Å². The number of likely N-dealkylation sites (tertiary alicyclic amines) is 1. The molecule has 0 spiro atoms. The Bertz CT molecular complexity index is 1560. The largest absolute Gasteiger partial charge is 0.489 e. The van der Waals surface area contributed by atoms with Crippen molar-refractivity contribution in [2.45, 2.75) is 64.1 Å². The van der Waals surface area contributed by atoms with E-state index in [0.29, 0.717) is 30.4 Å². The summed E-state index contributed by atoms with van der Waals surface area (Å²) in [5.74, 6) is 0.435. The number of fused-ring (bicyclic) bond motifs is 1. The number of H-pyrrole nitrogens is 1. The van der Waals surface area contributed by atoms with E-state index in [-0.39, 0.29) is 24.0 Å². The SMILES string of the molecule is CC(C)Oc1ccc(CN(C)C)cc1NC(=O)C(NC(=O)N1CCC(c2ccccc2)CC1)C(C)c1c[nH]c2ccccc12. The van der Waals surface area contributed by atoms with Gasteiger partial charge in [-0.1, -0.05) is 61.5 Å². The number of ether oxygens (including phenoxy) is 1.